The van der Waals surface area contributed by atoms with Crippen LogP contribution in [0.2, 0.25) is 0 Å². The van der Waals surface area contributed by atoms with E-state index < -0.39 is 0 Å². The van der Waals surface area contributed by atoms with Gasteiger partial charge < -0.3 is 4.90 Å². The van der Waals surface area contributed by atoms with Crippen molar-refractivity contribution in [2.75, 3.05) is 18.0 Å². The molecule has 0 spiro atoms. The van der Waals surface area contributed by atoms with Crippen molar-refractivity contribution in [3.05, 3.63) is 29.8 Å². The molecule has 3 atom stereocenters. The van der Waals surface area contributed by atoms with Crippen LogP contribution in [0.15, 0.2) is 24.3 Å². The van der Waals surface area contributed by atoms with Crippen molar-refractivity contribution in [3.8, 4) is 0 Å². The second-order valence-electron chi connectivity index (χ2n) is 6.38. The summed E-state index contributed by atoms with van der Waals surface area (Å²) in [5.74, 6) is 2.75. The van der Waals surface area contributed by atoms with Crippen LogP contribution in [0.3, 0.4) is 0 Å². The minimum absolute atomic E-state index is 0.890. The lowest BCUT2D eigenvalue weighted by Crippen LogP contribution is -2.30. The molecule has 1 aromatic rings. The topological polar surface area (TPSA) is 3.24 Å². The molecule has 3 unspecified atom stereocenters. The third-order valence-corrected chi connectivity index (χ3v) is 4.84. The highest BCUT2D eigenvalue weighted by atomic mass is 15.1. The maximum absolute atomic E-state index is 2.56. The largest absolute Gasteiger partial charge is 0.372 e. The average Bonchev–Trinajstić information content (AvgIpc) is 2.77. The second kappa shape index (κ2) is 6.45. The van der Waals surface area contributed by atoms with Crippen LogP contribution in [0.25, 0.3) is 0 Å². The number of hydrogen-bond donors (Lipinski definition) is 0. The standard InChI is InChI=1S/C18H29N/c1-5-16-11-15(4)12-17(16)13-19(6-2)18-9-7-14(3)8-10-18/h7-10,15-17H,5-6,11-13H2,1-4H3. The molecule has 0 aromatic heterocycles. The predicted molar refractivity (Wildman–Crippen MR) is 84.7 cm³/mol. The first-order valence-corrected chi connectivity index (χ1v) is 7.95. The molecule has 0 amide bonds. The molecule has 1 nitrogen and oxygen atoms in total. The first kappa shape index (κ1) is 14.4. The monoisotopic (exact) mass is 259 g/mol. The molecule has 1 saturated carbocycles. The zero-order valence-corrected chi connectivity index (χ0v) is 13.0. The van der Waals surface area contributed by atoms with Crippen LogP contribution in [-0.2, 0) is 0 Å². The SMILES string of the molecule is CCC1CC(C)CC1CN(CC)c1ccc(C)cc1. The van der Waals surface area contributed by atoms with E-state index in [1.54, 1.807) is 0 Å². The Hall–Kier alpha value is -0.980. The van der Waals surface area contributed by atoms with E-state index in [2.05, 4.69) is 56.9 Å². The molecule has 1 aliphatic carbocycles. The molecular formula is C18H29N. The summed E-state index contributed by atoms with van der Waals surface area (Å²) in [6.45, 7) is 11.6. The molecular weight excluding hydrogens is 230 g/mol. The van der Waals surface area contributed by atoms with Gasteiger partial charge in [0.25, 0.3) is 0 Å². The van der Waals surface area contributed by atoms with Gasteiger partial charge in [0, 0.05) is 18.8 Å². The van der Waals surface area contributed by atoms with Gasteiger partial charge in [-0.3, -0.25) is 0 Å². The molecule has 1 heteroatoms. The zero-order valence-electron chi connectivity index (χ0n) is 13.0. The molecule has 0 radical (unpaired) electrons. The van der Waals surface area contributed by atoms with Gasteiger partial charge in [-0.1, -0.05) is 38.0 Å². The van der Waals surface area contributed by atoms with Crippen molar-refractivity contribution in [2.24, 2.45) is 17.8 Å². The fourth-order valence-electron chi connectivity index (χ4n) is 3.69. The van der Waals surface area contributed by atoms with Crippen molar-refractivity contribution >= 4 is 5.69 Å². The maximum Gasteiger partial charge on any atom is 0.0366 e. The Labute approximate surface area is 119 Å². The first-order valence-electron chi connectivity index (χ1n) is 7.95. The number of nitrogens with zero attached hydrogens (tertiary/aromatic N) is 1. The zero-order chi connectivity index (χ0) is 13.8. The Kier molecular flexibility index (Phi) is 4.90. The van der Waals surface area contributed by atoms with Gasteiger partial charge in [0.2, 0.25) is 0 Å². The van der Waals surface area contributed by atoms with Crippen molar-refractivity contribution in [3.63, 3.8) is 0 Å². The van der Waals surface area contributed by atoms with Gasteiger partial charge in [0.1, 0.15) is 0 Å². The number of rotatable bonds is 5. The Morgan fingerprint density at radius 2 is 1.68 bits per heavy atom. The van der Waals surface area contributed by atoms with E-state index in [4.69, 9.17) is 0 Å². The fourth-order valence-corrected chi connectivity index (χ4v) is 3.69. The van der Waals surface area contributed by atoms with Crippen LogP contribution < -0.4 is 4.90 Å². The van der Waals surface area contributed by atoms with Crippen molar-refractivity contribution in [2.45, 2.75) is 47.0 Å². The Balaban J connectivity index is 2.04. The summed E-state index contributed by atoms with van der Waals surface area (Å²) >= 11 is 0. The number of benzene rings is 1. The van der Waals surface area contributed by atoms with Crippen LogP contribution in [0, 0.1) is 24.7 Å². The van der Waals surface area contributed by atoms with Gasteiger partial charge in [0.15, 0.2) is 0 Å². The maximum atomic E-state index is 2.56. The van der Waals surface area contributed by atoms with Gasteiger partial charge in [-0.25, -0.2) is 0 Å². The smallest absolute Gasteiger partial charge is 0.0366 e. The van der Waals surface area contributed by atoms with E-state index in [9.17, 15) is 0 Å². The van der Waals surface area contributed by atoms with E-state index in [0.29, 0.717) is 0 Å². The lowest BCUT2D eigenvalue weighted by molar-refractivity contribution is 0.377. The summed E-state index contributed by atoms with van der Waals surface area (Å²) < 4.78 is 0. The third-order valence-electron chi connectivity index (χ3n) is 4.84. The van der Waals surface area contributed by atoms with E-state index in [0.717, 1.165) is 24.3 Å². The third kappa shape index (κ3) is 3.52. The van der Waals surface area contributed by atoms with Crippen LogP contribution in [0.4, 0.5) is 5.69 Å². The summed E-state index contributed by atoms with van der Waals surface area (Å²) in [5.41, 5.74) is 2.74. The van der Waals surface area contributed by atoms with Gasteiger partial charge in [-0.05, 0) is 56.6 Å². The van der Waals surface area contributed by atoms with Gasteiger partial charge in [-0.15, -0.1) is 0 Å². The van der Waals surface area contributed by atoms with Crippen molar-refractivity contribution in [1.29, 1.82) is 0 Å². The van der Waals surface area contributed by atoms with Crippen molar-refractivity contribution in [1.82, 2.24) is 0 Å². The highest BCUT2D eigenvalue weighted by molar-refractivity contribution is 5.47. The Bertz CT molecular complexity index is 381. The Morgan fingerprint density at radius 3 is 2.26 bits per heavy atom. The summed E-state index contributed by atoms with van der Waals surface area (Å²) in [4.78, 5) is 2.56. The summed E-state index contributed by atoms with van der Waals surface area (Å²) in [5, 5.41) is 0. The lowest BCUT2D eigenvalue weighted by Gasteiger charge is -2.29. The highest BCUT2D eigenvalue weighted by Crippen LogP contribution is 2.39. The average molecular weight is 259 g/mol. The minimum atomic E-state index is 0.890. The van der Waals surface area contributed by atoms with E-state index in [-0.39, 0.29) is 0 Å². The van der Waals surface area contributed by atoms with Crippen LogP contribution in [0.5, 0.6) is 0 Å². The second-order valence-corrected chi connectivity index (χ2v) is 6.38. The molecule has 0 bridgehead atoms. The normalized spacial score (nSPS) is 26.6. The summed E-state index contributed by atoms with van der Waals surface area (Å²) in [6, 6.07) is 9.01. The van der Waals surface area contributed by atoms with Crippen LogP contribution in [-0.4, -0.2) is 13.1 Å². The molecule has 19 heavy (non-hydrogen) atoms. The number of hydrogen-bond acceptors (Lipinski definition) is 1. The van der Waals surface area contributed by atoms with Crippen LogP contribution >= 0.6 is 0 Å². The van der Waals surface area contributed by atoms with E-state index in [1.165, 1.54) is 37.1 Å². The Morgan fingerprint density at radius 1 is 1.05 bits per heavy atom. The lowest BCUT2D eigenvalue weighted by atomic mass is 9.93. The molecule has 1 fully saturated rings. The molecule has 0 N–H and O–H groups in total. The summed E-state index contributed by atoms with van der Waals surface area (Å²) in [6.07, 6.45) is 4.20. The quantitative estimate of drug-likeness (QED) is 0.727. The van der Waals surface area contributed by atoms with Crippen LogP contribution in [0.1, 0.15) is 45.6 Å². The molecule has 1 aromatic carbocycles. The number of anilines is 1. The minimum Gasteiger partial charge on any atom is -0.372 e. The molecule has 0 aliphatic heterocycles. The van der Waals surface area contributed by atoms with E-state index in [1.807, 2.05) is 0 Å². The molecule has 0 saturated heterocycles. The predicted octanol–water partition coefficient (Wildman–Crippen LogP) is 4.89. The van der Waals surface area contributed by atoms with Gasteiger partial charge in [-0.2, -0.15) is 0 Å². The molecule has 1 aliphatic rings. The molecule has 0 heterocycles. The van der Waals surface area contributed by atoms with Crippen molar-refractivity contribution < 1.29 is 0 Å². The van der Waals surface area contributed by atoms with E-state index >= 15 is 0 Å². The summed E-state index contributed by atoms with van der Waals surface area (Å²) in [7, 11) is 0. The fraction of sp³-hybridized carbons (Fsp3) is 0.667. The highest BCUT2D eigenvalue weighted by Gasteiger charge is 2.31. The molecule has 2 rings (SSSR count). The van der Waals surface area contributed by atoms with Gasteiger partial charge in [0.05, 0.1) is 0 Å². The first-order chi connectivity index (χ1) is 9.13. The molecule has 106 valence electrons. The number of aryl methyl sites for hydroxylation is 1. The van der Waals surface area contributed by atoms with Gasteiger partial charge >= 0.3 is 0 Å².